The molecule has 0 spiro atoms. The average Bonchev–Trinajstić information content (AvgIpc) is 2.21. The molecule has 3 nitrogen and oxygen atoms in total. The van der Waals surface area contributed by atoms with Crippen LogP contribution in [0.2, 0.25) is 0 Å². The van der Waals surface area contributed by atoms with Crippen molar-refractivity contribution < 1.29 is 9.90 Å². The fourth-order valence-electron chi connectivity index (χ4n) is 1.29. The van der Waals surface area contributed by atoms with Crippen LogP contribution < -0.4 is 5.32 Å². The zero-order chi connectivity index (χ0) is 12.2. The summed E-state index contributed by atoms with van der Waals surface area (Å²) >= 11 is 3.34. The summed E-state index contributed by atoms with van der Waals surface area (Å²) in [7, 11) is 0. The second kappa shape index (κ2) is 5.34. The van der Waals surface area contributed by atoms with E-state index >= 15 is 0 Å². The number of para-hydroxylation sites is 1. The second-order valence-corrected chi connectivity index (χ2v) is 4.93. The van der Waals surface area contributed by atoms with Crippen LogP contribution in [0.25, 0.3) is 0 Å². The predicted octanol–water partition coefficient (Wildman–Crippen LogP) is 2.22. The number of carbonyl (C=O) groups excluding carboxylic acids is 1. The van der Waals surface area contributed by atoms with Gasteiger partial charge in [0.1, 0.15) is 5.75 Å². The van der Waals surface area contributed by atoms with Gasteiger partial charge in [-0.1, -0.05) is 34.1 Å². The summed E-state index contributed by atoms with van der Waals surface area (Å²) in [4.78, 5) is 11.7. The SMILES string of the molecule is CC(C)(CBr)NC(=O)Cc1ccccc1O. The Labute approximate surface area is 104 Å². The lowest BCUT2D eigenvalue weighted by atomic mass is 10.1. The number of aromatic hydroxyl groups is 1. The van der Waals surface area contributed by atoms with Crippen LogP contribution in [0.4, 0.5) is 0 Å². The first kappa shape index (κ1) is 13.0. The molecule has 0 aliphatic heterocycles. The Morgan fingerprint density at radius 2 is 2.06 bits per heavy atom. The highest BCUT2D eigenvalue weighted by molar-refractivity contribution is 9.09. The summed E-state index contributed by atoms with van der Waals surface area (Å²) in [6, 6.07) is 6.87. The van der Waals surface area contributed by atoms with Crippen molar-refractivity contribution in [2.75, 3.05) is 5.33 Å². The van der Waals surface area contributed by atoms with Crippen molar-refractivity contribution in [1.82, 2.24) is 5.32 Å². The third-order valence-electron chi connectivity index (χ3n) is 2.15. The Balaban J connectivity index is 2.62. The van der Waals surface area contributed by atoms with Gasteiger partial charge in [0.25, 0.3) is 0 Å². The number of alkyl halides is 1. The highest BCUT2D eigenvalue weighted by Gasteiger charge is 2.19. The summed E-state index contributed by atoms with van der Waals surface area (Å²) in [5, 5.41) is 13.1. The van der Waals surface area contributed by atoms with Crippen LogP contribution in [0, 0.1) is 0 Å². The molecule has 1 aromatic carbocycles. The van der Waals surface area contributed by atoms with Crippen molar-refractivity contribution in [3.05, 3.63) is 29.8 Å². The number of hydrogen-bond donors (Lipinski definition) is 2. The molecule has 0 aliphatic carbocycles. The molecular formula is C12H16BrNO2. The van der Waals surface area contributed by atoms with E-state index in [1.165, 1.54) is 0 Å². The van der Waals surface area contributed by atoms with Gasteiger partial charge in [-0.2, -0.15) is 0 Å². The van der Waals surface area contributed by atoms with Gasteiger partial charge in [0.05, 0.1) is 6.42 Å². The molecule has 0 aliphatic rings. The molecule has 1 amide bonds. The van der Waals surface area contributed by atoms with Gasteiger partial charge >= 0.3 is 0 Å². The maximum absolute atomic E-state index is 11.7. The van der Waals surface area contributed by atoms with Crippen LogP contribution in [0.15, 0.2) is 24.3 Å². The number of benzene rings is 1. The quantitative estimate of drug-likeness (QED) is 0.834. The Kier molecular flexibility index (Phi) is 4.35. The number of nitrogens with one attached hydrogen (secondary N) is 1. The summed E-state index contributed by atoms with van der Waals surface area (Å²) in [6.45, 7) is 3.87. The second-order valence-electron chi connectivity index (χ2n) is 4.37. The van der Waals surface area contributed by atoms with E-state index in [9.17, 15) is 9.90 Å². The molecule has 0 aromatic heterocycles. The molecule has 0 heterocycles. The zero-order valence-electron chi connectivity index (χ0n) is 9.46. The van der Waals surface area contributed by atoms with Gasteiger partial charge in [-0.25, -0.2) is 0 Å². The van der Waals surface area contributed by atoms with Crippen molar-refractivity contribution >= 4 is 21.8 Å². The maximum atomic E-state index is 11.7. The third-order valence-corrected chi connectivity index (χ3v) is 3.56. The Morgan fingerprint density at radius 1 is 1.44 bits per heavy atom. The molecule has 1 rings (SSSR count). The molecule has 0 unspecified atom stereocenters. The lowest BCUT2D eigenvalue weighted by Crippen LogP contribution is -2.45. The van der Waals surface area contributed by atoms with Crippen LogP contribution in [0.3, 0.4) is 0 Å². The van der Waals surface area contributed by atoms with E-state index in [2.05, 4.69) is 21.2 Å². The van der Waals surface area contributed by atoms with Crippen LogP contribution in [0.5, 0.6) is 5.75 Å². The normalized spacial score (nSPS) is 11.2. The Morgan fingerprint density at radius 3 is 2.62 bits per heavy atom. The maximum Gasteiger partial charge on any atom is 0.224 e. The lowest BCUT2D eigenvalue weighted by molar-refractivity contribution is -0.121. The number of carbonyl (C=O) groups is 1. The van der Waals surface area contributed by atoms with Gasteiger partial charge in [0, 0.05) is 16.4 Å². The van der Waals surface area contributed by atoms with Crippen molar-refractivity contribution in [2.24, 2.45) is 0 Å². The van der Waals surface area contributed by atoms with E-state index < -0.39 is 0 Å². The Hall–Kier alpha value is -1.03. The van der Waals surface area contributed by atoms with Gasteiger partial charge in [-0.05, 0) is 19.9 Å². The van der Waals surface area contributed by atoms with Gasteiger partial charge in [0.2, 0.25) is 5.91 Å². The van der Waals surface area contributed by atoms with E-state index in [4.69, 9.17) is 0 Å². The topological polar surface area (TPSA) is 49.3 Å². The van der Waals surface area contributed by atoms with Gasteiger partial charge < -0.3 is 10.4 Å². The van der Waals surface area contributed by atoms with E-state index in [1.807, 2.05) is 13.8 Å². The number of phenolic OH excluding ortho intramolecular Hbond substituents is 1. The van der Waals surface area contributed by atoms with Crippen molar-refractivity contribution in [3.8, 4) is 5.75 Å². The molecule has 0 saturated heterocycles. The third kappa shape index (κ3) is 3.85. The van der Waals surface area contributed by atoms with Crippen LogP contribution in [-0.4, -0.2) is 21.9 Å². The molecule has 2 N–H and O–H groups in total. The first-order valence-corrected chi connectivity index (χ1v) is 6.20. The zero-order valence-corrected chi connectivity index (χ0v) is 11.0. The Bertz CT molecular complexity index is 377. The van der Waals surface area contributed by atoms with Crippen molar-refractivity contribution in [2.45, 2.75) is 25.8 Å². The van der Waals surface area contributed by atoms with Crippen LogP contribution in [-0.2, 0) is 11.2 Å². The van der Waals surface area contributed by atoms with E-state index in [0.29, 0.717) is 10.9 Å². The van der Waals surface area contributed by atoms with Gasteiger partial charge in [0.15, 0.2) is 0 Å². The summed E-state index contributed by atoms with van der Waals surface area (Å²) in [5.74, 6) is 0.0697. The molecule has 0 bridgehead atoms. The highest BCUT2D eigenvalue weighted by Crippen LogP contribution is 2.16. The average molecular weight is 286 g/mol. The van der Waals surface area contributed by atoms with Gasteiger partial charge in [-0.15, -0.1) is 0 Å². The molecule has 0 fully saturated rings. The molecule has 0 radical (unpaired) electrons. The van der Waals surface area contributed by atoms with Gasteiger partial charge in [-0.3, -0.25) is 4.79 Å². The van der Waals surface area contributed by atoms with Crippen LogP contribution in [0.1, 0.15) is 19.4 Å². The fraction of sp³-hybridized carbons (Fsp3) is 0.417. The molecular weight excluding hydrogens is 270 g/mol. The molecule has 1 aromatic rings. The fourth-order valence-corrected chi connectivity index (χ4v) is 1.43. The molecule has 0 saturated carbocycles. The summed E-state index contributed by atoms with van der Waals surface area (Å²) < 4.78 is 0. The largest absolute Gasteiger partial charge is 0.508 e. The predicted molar refractivity (Wildman–Crippen MR) is 67.8 cm³/mol. The standard InChI is InChI=1S/C12H16BrNO2/c1-12(2,8-13)14-11(16)7-9-5-3-4-6-10(9)15/h3-6,15H,7-8H2,1-2H3,(H,14,16). The number of rotatable bonds is 4. The van der Waals surface area contributed by atoms with Crippen molar-refractivity contribution in [1.29, 1.82) is 0 Å². The number of hydrogen-bond acceptors (Lipinski definition) is 2. The molecule has 4 heteroatoms. The lowest BCUT2D eigenvalue weighted by Gasteiger charge is -2.23. The number of amides is 1. The first-order chi connectivity index (χ1) is 7.44. The minimum atomic E-state index is -0.276. The monoisotopic (exact) mass is 285 g/mol. The molecule has 88 valence electrons. The summed E-state index contributed by atoms with van der Waals surface area (Å²) in [5.41, 5.74) is 0.368. The number of halogens is 1. The van der Waals surface area contributed by atoms with E-state index in [0.717, 1.165) is 0 Å². The first-order valence-electron chi connectivity index (χ1n) is 5.08. The molecule has 16 heavy (non-hydrogen) atoms. The number of phenols is 1. The summed E-state index contributed by atoms with van der Waals surface area (Å²) in [6.07, 6.45) is 0.198. The minimum Gasteiger partial charge on any atom is -0.508 e. The minimum absolute atomic E-state index is 0.0917. The highest BCUT2D eigenvalue weighted by atomic mass is 79.9. The van der Waals surface area contributed by atoms with E-state index in [1.54, 1.807) is 24.3 Å². The van der Waals surface area contributed by atoms with Crippen LogP contribution >= 0.6 is 15.9 Å². The van der Waals surface area contributed by atoms with E-state index in [-0.39, 0.29) is 23.6 Å². The van der Waals surface area contributed by atoms with Crippen molar-refractivity contribution in [3.63, 3.8) is 0 Å². The molecule has 0 atom stereocenters. The smallest absolute Gasteiger partial charge is 0.224 e.